The molecular weight excluding hydrogens is 387 g/mol. The molecule has 1 aromatic carbocycles. The Kier molecular flexibility index (Phi) is 4.60. The Balaban J connectivity index is 2.26. The Labute approximate surface area is 132 Å². The summed E-state index contributed by atoms with van der Waals surface area (Å²) in [4.78, 5) is 15.4. The molecular formula is C12H7BrClFN2O3S. The van der Waals surface area contributed by atoms with Crippen LogP contribution in [-0.4, -0.2) is 19.3 Å². The van der Waals surface area contributed by atoms with Crippen LogP contribution in [0.2, 0.25) is 0 Å². The minimum Gasteiger partial charge on any atom is -0.321 e. The Morgan fingerprint density at radius 1 is 1.29 bits per heavy atom. The summed E-state index contributed by atoms with van der Waals surface area (Å²) in [5.74, 6) is -1.21. The Morgan fingerprint density at radius 3 is 2.57 bits per heavy atom. The van der Waals surface area contributed by atoms with Gasteiger partial charge in [0.1, 0.15) is 5.82 Å². The maximum absolute atomic E-state index is 13.0. The number of carbonyl (C=O) groups excluding carboxylic acids is 1. The van der Waals surface area contributed by atoms with E-state index in [0.29, 0.717) is 10.2 Å². The molecule has 0 aliphatic heterocycles. The number of halogens is 3. The molecule has 0 aliphatic carbocycles. The van der Waals surface area contributed by atoms with Gasteiger partial charge in [-0.15, -0.1) is 0 Å². The molecule has 0 saturated carbocycles. The van der Waals surface area contributed by atoms with Gasteiger partial charge in [0.15, 0.2) is 0 Å². The Morgan fingerprint density at radius 2 is 2.00 bits per heavy atom. The van der Waals surface area contributed by atoms with E-state index in [1.165, 1.54) is 24.4 Å². The van der Waals surface area contributed by atoms with E-state index in [2.05, 4.69) is 26.2 Å². The number of benzene rings is 1. The van der Waals surface area contributed by atoms with Crippen molar-refractivity contribution < 1.29 is 17.6 Å². The van der Waals surface area contributed by atoms with E-state index in [1.54, 1.807) is 0 Å². The van der Waals surface area contributed by atoms with Crippen LogP contribution in [0.4, 0.5) is 10.1 Å². The lowest BCUT2D eigenvalue weighted by Crippen LogP contribution is -2.13. The number of anilines is 1. The van der Waals surface area contributed by atoms with Gasteiger partial charge in [-0.3, -0.25) is 9.78 Å². The number of nitrogens with one attached hydrogen (secondary N) is 1. The third-order valence-electron chi connectivity index (χ3n) is 2.44. The molecule has 0 fully saturated rings. The van der Waals surface area contributed by atoms with Crippen LogP contribution in [0.25, 0.3) is 0 Å². The average Bonchev–Trinajstić information content (AvgIpc) is 2.39. The van der Waals surface area contributed by atoms with Gasteiger partial charge in [0.05, 0.1) is 22.3 Å². The molecule has 0 bridgehead atoms. The molecule has 9 heteroatoms. The highest BCUT2D eigenvalue weighted by Crippen LogP contribution is 2.27. The van der Waals surface area contributed by atoms with Gasteiger partial charge in [-0.05, 0) is 40.2 Å². The fraction of sp³-hybridized carbons (Fsp3) is 0. The minimum absolute atomic E-state index is 0.0379. The van der Waals surface area contributed by atoms with Crippen LogP contribution >= 0.6 is 26.6 Å². The first-order valence-corrected chi connectivity index (χ1v) is 8.54. The van der Waals surface area contributed by atoms with Crippen molar-refractivity contribution in [3.63, 3.8) is 0 Å². The topological polar surface area (TPSA) is 76.1 Å². The highest BCUT2D eigenvalue weighted by molar-refractivity contribution is 9.10. The molecule has 5 nitrogen and oxygen atoms in total. The summed E-state index contributed by atoms with van der Waals surface area (Å²) >= 11 is 3.13. The van der Waals surface area contributed by atoms with Gasteiger partial charge in [-0.2, -0.15) is 0 Å². The van der Waals surface area contributed by atoms with E-state index < -0.39 is 20.8 Å². The predicted molar refractivity (Wildman–Crippen MR) is 79.3 cm³/mol. The molecule has 0 unspecified atom stereocenters. The molecule has 0 spiro atoms. The molecule has 0 aliphatic rings. The third-order valence-corrected chi connectivity index (χ3v) is 4.44. The fourth-order valence-corrected chi connectivity index (χ4v) is 2.89. The first-order chi connectivity index (χ1) is 9.77. The van der Waals surface area contributed by atoms with E-state index in [1.807, 2.05) is 0 Å². The number of aromatic nitrogens is 1. The predicted octanol–water partition coefficient (Wildman–Crippen LogP) is 3.16. The van der Waals surface area contributed by atoms with Crippen LogP contribution in [-0.2, 0) is 9.05 Å². The molecule has 0 atom stereocenters. The van der Waals surface area contributed by atoms with Gasteiger partial charge in [0.2, 0.25) is 0 Å². The van der Waals surface area contributed by atoms with Crippen LogP contribution < -0.4 is 5.32 Å². The van der Waals surface area contributed by atoms with Gasteiger partial charge >= 0.3 is 0 Å². The Hall–Kier alpha value is -1.51. The summed E-state index contributed by atoms with van der Waals surface area (Å²) in [6, 6.07) is 4.89. The van der Waals surface area contributed by atoms with E-state index >= 15 is 0 Å². The molecule has 2 aromatic rings. The summed E-state index contributed by atoms with van der Waals surface area (Å²) in [5, 5.41) is 2.50. The highest BCUT2D eigenvalue weighted by Gasteiger charge is 2.14. The minimum atomic E-state index is -3.86. The first kappa shape index (κ1) is 15.9. The van der Waals surface area contributed by atoms with Gasteiger partial charge in [0.25, 0.3) is 15.0 Å². The zero-order valence-electron chi connectivity index (χ0n) is 10.2. The summed E-state index contributed by atoms with van der Waals surface area (Å²) in [6.07, 6.45) is 2.19. The standard InChI is InChI=1S/C12H7BrClFN2O3S/c13-10-4-9(21(14,19)20)1-2-11(10)17-12(18)7-3-8(15)6-16-5-7/h1-6H,(H,17,18). The Bertz CT molecular complexity index is 814. The molecule has 110 valence electrons. The first-order valence-electron chi connectivity index (χ1n) is 5.43. The van der Waals surface area contributed by atoms with Crippen molar-refractivity contribution in [3.8, 4) is 0 Å². The van der Waals surface area contributed by atoms with Gasteiger partial charge in [-0.25, -0.2) is 12.8 Å². The monoisotopic (exact) mass is 392 g/mol. The number of hydrogen-bond donors (Lipinski definition) is 1. The number of pyridine rings is 1. The van der Waals surface area contributed by atoms with Gasteiger partial charge in [0, 0.05) is 21.4 Å². The van der Waals surface area contributed by atoms with E-state index in [4.69, 9.17) is 10.7 Å². The second-order valence-corrected chi connectivity index (χ2v) is 7.35. The second-order valence-electron chi connectivity index (χ2n) is 3.93. The molecule has 0 saturated heterocycles. The summed E-state index contributed by atoms with van der Waals surface area (Å²) < 4.78 is 35.7. The van der Waals surface area contributed by atoms with Crippen molar-refractivity contribution in [1.29, 1.82) is 0 Å². The average molecular weight is 394 g/mol. The lowest BCUT2D eigenvalue weighted by atomic mass is 10.2. The zero-order valence-corrected chi connectivity index (χ0v) is 13.3. The second kappa shape index (κ2) is 6.08. The summed E-state index contributed by atoms with van der Waals surface area (Å²) in [7, 11) is 1.36. The fourth-order valence-electron chi connectivity index (χ4n) is 1.48. The molecule has 1 N–H and O–H groups in total. The van der Waals surface area contributed by atoms with Gasteiger partial charge in [-0.1, -0.05) is 0 Å². The number of nitrogens with zero attached hydrogens (tertiary/aromatic N) is 1. The van der Waals surface area contributed by atoms with Crippen molar-refractivity contribution in [1.82, 2.24) is 4.98 Å². The quantitative estimate of drug-likeness (QED) is 0.813. The van der Waals surface area contributed by atoms with E-state index in [0.717, 1.165) is 12.3 Å². The highest BCUT2D eigenvalue weighted by atomic mass is 79.9. The third kappa shape index (κ3) is 3.99. The largest absolute Gasteiger partial charge is 0.321 e. The van der Waals surface area contributed by atoms with Crippen molar-refractivity contribution in [2.24, 2.45) is 0 Å². The number of rotatable bonds is 3. The van der Waals surface area contributed by atoms with Crippen LogP contribution in [0.15, 0.2) is 46.0 Å². The number of hydrogen-bond acceptors (Lipinski definition) is 4. The van der Waals surface area contributed by atoms with Crippen LogP contribution in [0.3, 0.4) is 0 Å². The van der Waals surface area contributed by atoms with Crippen LogP contribution in [0.1, 0.15) is 10.4 Å². The van der Waals surface area contributed by atoms with Crippen LogP contribution in [0.5, 0.6) is 0 Å². The summed E-state index contributed by atoms with van der Waals surface area (Å²) in [6.45, 7) is 0. The van der Waals surface area contributed by atoms with Crippen molar-refractivity contribution in [2.75, 3.05) is 5.32 Å². The van der Waals surface area contributed by atoms with Crippen LogP contribution in [0, 0.1) is 5.82 Å². The van der Waals surface area contributed by atoms with Gasteiger partial charge < -0.3 is 5.32 Å². The van der Waals surface area contributed by atoms with Crippen molar-refractivity contribution in [3.05, 3.63) is 52.5 Å². The molecule has 1 heterocycles. The maximum atomic E-state index is 13.0. The molecule has 21 heavy (non-hydrogen) atoms. The molecule has 1 aromatic heterocycles. The van der Waals surface area contributed by atoms with E-state index in [9.17, 15) is 17.6 Å². The lowest BCUT2D eigenvalue weighted by Gasteiger charge is -2.08. The molecule has 0 radical (unpaired) electrons. The number of amides is 1. The number of carbonyl (C=O) groups is 1. The normalized spacial score (nSPS) is 11.2. The van der Waals surface area contributed by atoms with Crippen molar-refractivity contribution in [2.45, 2.75) is 4.90 Å². The molecule has 2 rings (SSSR count). The SMILES string of the molecule is O=C(Nc1ccc(S(=O)(=O)Cl)cc1Br)c1cncc(F)c1. The molecule has 1 amide bonds. The van der Waals surface area contributed by atoms with E-state index in [-0.39, 0.29) is 10.5 Å². The summed E-state index contributed by atoms with van der Waals surface area (Å²) in [5.41, 5.74) is 0.351. The smallest absolute Gasteiger partial charge is 0.261 e. The van der Waals surface area contributed by atoms with Crippen molar-refractivity contribution >= 4 is 47.3 Å². The maximum Gasteiger partial charge on any atom is 0.261 e. The lowest BCUT2D eigenvalue weighted by molar-refractivity contribution is 0.102. The zero-order chi connectivity index (χ0) is 15.6.